The number of aliphatic carboxylic acids is 1. The number of aryl methyl sites for hydroxylation is 1. The van der Waals surface area contributed by atoms with E-state index >= 15 is 0 Å². The molecule has 0 unspecified atom stereocenters. The van der Waals surface area contributed by atoms with E-state index < -0.39 is 5.97 Å². The van der Waals surface area contributed by atoms with Gasteiger partial charge in [-0.1, -0.05) is 13.3 Å². The van der Waals surface area contributed by atoms with Crippen LogP contribution < -0.4 is 5.32 Å². The van der Waals surface area contributed by atoms with Crippen molar-refractivity contribution in [2.45, 2.75) is 45.4 Å². The first kappa shape index (κ1) is 14.5. The molecule has 0 aliphatic heterocycles. The van der Waals surface area contributed by atoms with E-state index in [1.165, 1.54) is 0 Å². The fourth-order valence-electron chi connectivity index (χ4n) is 2.51. The van der Waals surface area contributed by atoms with Gasteiger partial charge in [-0.3, -0.25) is 14.7 Å². The summed E-state index contributed by atoms with van der Waals surface area (Å²) in [5, 5.41) is 18.3. The predicted octanol–water partition coefficient (Wildman–Crippen LogP) is 1.13. The molecule has 1 heterocycles. The predicted molar refractivity (Wildman–Crippen MR) is 71.2 cm³/mol. The largest absolute Gasteiger partial charge is 0.481 e. The number of hydrogen-bond donors (Lipinski definition) is 3. The second-order valence-electron chi connectivity index (χ2n) is 5.46. The minimum atomic E-state index is -0.818. The van der Waals surface area contributed by atoms with Gasteiger partial charge in [0.2, 0.25) is 5.82 Å². The van der Waals surface area contributed by atoms with Crippen LogP contribution in [0.1, 0.15) is 55.5 Å². The lowest BCUT2D eigenvalue weighted by Crippen LogP contribution is -2.43. The lowest BCUT2D eigenvalue weighted by atomic mass is 9.66. The van der Waals surface area contributed by atoms with Crippen LogP contribution in [0.2, 0.25) is 0 Å². The van der Waals surface area contributed by atoms with Gasteiger partial charge < -0.3 is 10.4 Å². The molecule has 1 aliphatic carbocycles. The molecule has 0 spiro atoms. The van der Waals surface area contributed by atoms with E-state index in [-0.39, 0.29) is 23.6 Å². The van der Waals surface area contributed by atoms with Crippen molar-refractivity contribution >= 4 is 11.9 Å². The van der Waals surface area contributed by atoms with Crippen molar-refractivity contribution in [1.82, 2.24) is 20.5 Å². The molecule has 1 fully saturated rings. The quantitative estimate of drug-likeness (QED) is 0.694. The van der Waals surface area contributed by atoms with Gasteiger partial charge in [0.05, 0.1) is 6.42 Å². The smallest absolute Gasteiger partial charge is 0.303 e. The zero-order chi connectivity index (χ0) is 14.6. The van der Waals surface area contributed by atoms with Gasteiger partial charge in [-0.25, -0.2) is 4.98 Å². The van der Waals surface area contributed by atoms with Gasteiger partial charge in [0.25, 0.3) is 5.91 Å². The molecule has 110 valence electrons. The Kier molecular flexibility index (Phi) is 4.36. The van der Waals surface area contributed by atoms with Crippen molar-refractivity contribution in [3.63, 3.8) is 0 Å². The molecule has 0 aromatic carbocycles. The van der Waals surface area contributed by atoms with Crippen LogP contribution in [0.25, 0.3) is 0 Å². The Labute approximate surface area is 117 Å². The van der Waals surface area contributed by atoms with E-state index in [1.54, 1.807) is 0 Å². The number of carboxylic acid groups (broad SMARTS) is 1. The second kappa shape index (κ2) is 6.02. The molecule has 1 saturated carbocycles. The fourth-order valence-corrected chi connectivity index (χ4v) is 2.51. The number of hydrogen-bond acceptors (Lipinski definition) is 4. The summed E-state index contributed by atoms with van der Waals surface area (Å²) in [5.74, 6) is -0.345. The number of rotatable bonds is 7. The molecular formula is C13H20N4O3. The first-order valence-electron chi connectivity index (χ1n) is 6.96. The first-order chi connectivity index (χ1) is 9.54. The van der Waals surface area contributed by atoms with Gasteiger partial charge in [0.15, 0.2) is 0 Å². The molecule has 20 heavy (non-hydrogen) atoms. The number of carboxylic acids is 1. The van der Waals surface area contributed by atoms with E-state index in [0.29, 0.717) is 12.4 Å². The fraction of sp³-hybridized carbons (Fsp3) is 0.692. The molecule has 0 radical (unpaired) electrons. The Morgan fingerprint density at radius 1 is 1.45 bits per heavy atom. The van der Waals surface area contributed by atoms with E-state index in [0.717, 1.165) is 32.1 Å². The van der Waals surface area contributed by atoms with Gasteiger partial charge in [-0.05, 0) is 24.7 Å². The highest BCUT2D eigenvalue weighted by molar-refractivity contribution is 5.90. The highest BCUT2D eigenvalue weighted by Crippen LogP contribution is 2.43. The van der Waals surface area contributed by atoms with Crippen molar-refractivity contribution in [2.24, 2.45) is 5.41 Å². The number of amides is 1. The topological polar surface area (TPSA) is 108 Å². The Balaban J connectivity index is 1.89. The molecular weight excluding hydrogens is 260 g/mol. The number of aromatic amines is 1. The lowest BCUT2D eigenvalue weighted by Gasteiger charge is -2.40. The van der Waals surface area contributed by atoms with Gasteiger partial charge in [-0.2, -0.15) is 0 Å². The maximum absolute atomic E-state index is 11.9. The first-order valence-corrected chi connectivity index (χ1v) is 6.96. The summed E-state index contributed by atoms with van der Waals surface area (Å²) in [5.41, 5.74) is -0.288. The molecule has 0 saturated heterocycles. The summed E-state index contributed by atoms with van der Waals surface area (Å²) < 4.78 is 0. The zero-order valence-electron chi connectivity index (χ0n) is 11.6. The summed E-state index contributed by atoms with van der Waals surface area (Å²) in [4.78, 5) is 26.9. The molecule has 3 N–H and O–H groups in total. The van der Waals surface area contributed by atoms with Crippen molar-refractivity contribution in [1.29, 1.82) is 0 Å². The third kappa shape index (κ3) is 3.34. The molecule has 0 bridgehead atoms. The maximum atomic E-state index is 11.9. The van der Waals surface area contributed by atoms with Crippen LogP contribution in [-0.4, -0.2) is 38.7 Å². The Bertz CT molecular complexity index is 494. The third-order valence-electron chi connectivity index (χ3n) is 3.79. The number of aromatic nitrogens is 3. The summed E-state index contributed by atoms with van der Waals surface area (Å²) in [6, 6.07) is 0. The summed E-state index contributed by atoms with van der Waals surface area (Å²) >= 11 is 0. The van der Waals surface area contributed by atoms with Gasteiger partial charge in [-0.15, -0.1) is 5.10 Å². The standard InChI is InChI=1S/C13H20N4O3/c1-2-4-9-15-11(17-16-9)12(20)14-8-13(5-3-6-13)7-10(18)19/h2-8H2,1H3,(H,14,20)(H,18,19)(H,15,16,17). The van der Waals surface area contributed by atoms with Crippen LogP contribution in [0.5, 0.6) is 0 Å². The summed E-state index contributed by atoms with van der Waals surface area (Å²) in [6.45, 7) is 2.39. The monoisotopic (exact) mass is 280 g/mol. The number of carbonyl (C=O) groups is 2. The average Bonchev–Trinajstić information content (AvgIpc) is 2.81. The second-order valence-corrected chi connectivity index (χ2v) is 5.46. The highest BCUT2D eigenvalue weighted by atomic mass is 16.4. The van der Waals surface area contributed by atoms with Gasteiger partial charge in [0.1, 0.15) is 5.82 Å². The Morgan fingerprint density at radius 2 is 2.20 bits per heavy atom. The molecule has 0 atom stereocenters. The molecule has 2 rings (SSSR count). The maximum Gasteiger partial charge on any atom is 0.303 e. The Hall–Kier alpha value is -1.92. The van der Waals surface area contributed by atoms with Crippen LogP contribution in [-0.2, 0) is 11.2 Å². The SMILES string of the molecule is CCCc1nc(C(=O)NCC2(CC(=O)O)CCC2)n[nH]1. The zero-order valence-corrected chi connectivity index (χ0v) is 11.6. The van der Waals surface area contributed by atoms with Crippen molar-refractivity contribution in [2.75, 3.05) is 6.54 Å². The average molecular weight is 280 g/mol. The Morgan fingerprint density at radius 3 is 2.75 bits per heavy atom. The molecule has 1 aliphatic rings. The summed E-state index contributed by atoms with van der Waals surface area (Å²) in [6.07, 6.45) is 4.48. The van der Waals surface area contributed by atoms with Crippen LogP contribution >= 0.6 is 0 Å². The molecule has 7 nitrogen and oxygen atoms in total. The molecule has 1 aromatic heterocycles. The van der Waals surface area contributed by atoms with Crippen LogP contribution in [0.4, 0.5) is 0 Å². The van der Waals surface area contributed by atoms with Crippen molar-refractivity contribution in [3.05, 3.63) is 11.6 Å². The normalized spacial score (nSPS) is 16.4. The van der Waals surface area contributed by atoms with Crippen LogP contribution in [0.15, 0.2) is 0 Å². The van der Waals surface area contributed by atoms with Crippen molar-refractivity contribution in [3.8, 4) is 0 Å². The van der Waals surface area contributed by atoms with Crippen molar-refractivity contribution < 1.29 is 14.7 Å². The number of H-pyrrole nitrogens is 1. The number of carbonyl (C=O) groups excluding carboxylic acids is 1. The summed E-state index contributed by atoms with van der Waals surface area (Å²) in [7, 11) is 0. The molecule has 7 heteroatoms. The number of nitrogens with zero attached hydrogens (tertiary/aromatic N) is 2. The minimum Gasteiger partial charge on any atom is -0.481 e. The van der Waals surface area contributed by atoms with E-state index in [4.69, 9.17) is 5.11 Å². The molecule has 1 aromatic rings. The van der Waals surface area contributed by atoms with Crippen LogP contribution in [0.3, 0.4) is 0 Å². The van der Waals surface area contributed by atoms with E-state index in [1.807, 2.05) is 6.92 Å². The van der Waals surface area contributed by atoms with E-state index in [2.05, 4.69) is 20.5 Å². The lowest BCUT2D eigenvalue weighted by molar-refractivity contribution is -0.141. The van der Waals surface area contributed by atoms with Crippen LogP contribution in [0, 0.1) is 5.41 Å². The van der Waals surface area contributed by atoms with E-state index in [9.17, 15) is 9.59 Å². The number of nitrogens with one attached hydrogen (secondary N) is 2. The highest BCUT2D eigenvalue weighted by Gasteiger charge is 2.39. The van der Waals surface area contributed by atoms with Gasteiger partial charge in [0, 0.05) is 13.0 Å². The van der Waals surface area contributed by atoms with Gasteiger partial charge >= 0.3 is 5.97 Å². The third-order valence-corrected chi connectivity index (χ3v) is 3.79. The minimum absolute atomic E-state index is 0.0996. The molecule has 1 amide bonds.